The second-order valence-electron chi connectivity index (χ2n) is 6.55. The molecule has 1 aliphatic rings. The van der Waals surface area contributed by atoms with Gasteiger partial charge in [0.05, 0.1) is 18.4 Å². The molecular formula is C21H21N3O4. The second kappa shape index (κ2) is 8.04. The summed E-state index contributed by atoms with van der Waals surface area (Å²) in [6, 6.07) is 15.2. The highest BCUT2D eigenvalue weighted by molar-refractivity contribution is 5.91. The number of aromatic nitrogens is 2. The summed E-state index contributed by atoms with van der Waals surface area (Å²) in [5.74, 6) is 1.94. The maximum Gasteiger partial charge on any atom is 0.262 e. The van der Waals surface area contributed by atoms with Gasteiger partial charge in [-0.15, -0.1) is 0 Å². The van der Waals surface area contributed by atoms with Crippen LogP contribution in [0.1, 0.15) is 5.56 Å². The highest BCUT2D eigenvalue weighted by Crippen LogP contribution is 2.31. The van der Waals surface area contributed by atoms with Crippen molar-refractivity contribution < 1.29 is 19.0 Å². The first kappa shape index (κ1) is 17.9. The van der Waals surface area contributed by atoms with Crippen molar-refractivity contribution in [1.82, 2.24) is 9.78 Å². The predicted octanol–water partition coefficient (Wildman–Crippen LogP) is 3.05. The van der Waals surface area contributed by atoms with Crippen LogP contribution in [0.5, 0.6) is 17.2 Å². The molecular weight excluding hydrogens is 358 g/mol. The topological polar surface area (TPSA) is 74.6 Å². The lowest BCUT2D eigenvalue weighted by Crippen LogP contribution is -2.33. The van der Waals surface area contributed by atoms with Crippen molar-refractivity contribution in [2.45, 2.75) is 19.6 Å². The van der Waals surface area contributed by atoms with E-state index in [9.17, 15) is 4.79 Å². The lowest BCUT2D eigenvalue weighted by molar-refractivity contribution is -0.118. The van der Waals surface area contributed by atoms with Crippen LogP contribution in [0.3, 0.4) is 0 Å². The number of carbonyl (C=O) groups excluding carboxylic acids is 1. The number of hydrogen-bond acceptors (Lipinski definition) is 5. The van der Waals surface area contributed by atoms with E-state index in [-0.39, 0.29) is 18.6 Å². The van der Waals surface area contributed by atoms with E-state index in [2.05, 4.69) is 10.4 Å². The van der Waals surface area contributed by atoms with Gasteiger partial charge in [-0.25, -0.2) is 0 Å². The van der Waals surface area contributed by atoms with E-state index in [0.717, 1.165) is 17.1 Å². The maximum atomic E-state index is 12.1. The number of ether oxygens (including phenoxy) is 3. The largest absolute Gasteiger partial charge is 0.486 e. The molecule has 0 saturated carbocycles. The summed E-state index contributed by atoms with van der Waals surface area (Å²) in [6.45, 7) is 2.84. The third-order valence-corrected chi connectivity index (χ3v) is 4.33. The third-order valence-electron chi connectivity index (χ3n) is 4.33. The first-order chi connectivity index (χ1) is 13.7. The molecule has 28 heavy (non-hydrogen) atoms. The highest BCUT2D eigenvalue weighted by Gasteiger charge is 2.21. The molecule has 1 N–H and O–H groups in total. The van der Waals surface area contributed by atoms with Gasteiger partial charge >= 0.3 is 0 Å². The fraction of sp³-hybridized carbons (Fsp3) is 0.238. The number of fused-ring (bicyclic) bond motifs is 1. The minimum Gasteiger partial charge on any atom is -0.486 e. The number of rotatable bonds is 6. The van der Waals surface area contributed by atoms with Gasteiger partial charge in [-0.05, 0) is 30.7 Å². The number of anilines is 1. The maximum absolute atomic E-state index is 12.1. The van der Waals surface area contributed by atoms with E-state index in [0.29, 0.717) is 24.6 Å². The molecule has 7 heteroatoms. The van der Waals surface area contributed by atoms with Crippen LogP contribution in [0.2, 0.25) is 0 Å². The minimum absolute atomic E-state index is 0.0631. The predicted molar refractivity (Wildman–Crippen MR) is 104 cm³/mol. The highest BCUT2D eigenvalue weighted by atomic mass is 16.6. The molecule has 0 saturated heterocycles. The fourth-order valence-corrected chi connectivity index (χ4v) is 2.95. The summed E-state index contributed by atoms with van der Waals surface area (Å²) in [5.41, 5.74) is 1.59. The summed E-state index contributed by atoms with van der Waals surface area (Å²) >= 11 is 0. The minimum atomic E-state index is -0.242. The fourth-order valence-electron chi connectivity index (χ4n) is 2.95. The van der Waals surface area contributed by atoms with Gasteiger partial charge < -0.3 is 19.5 Å². The van der Waals surface area contributed by atoms with Crippen LogP contribution in [0.4, 0.5) is 5.69 Å². The standard InChI is InChI=1S/C21H21N3O4/c1-15-6-2-3-7-18(15)27-14-21(25)23-16-10-22-24(11-16)12-17-13-26-19-8-4-5-9-20(19)28-17/h2-11,17H,12-14H2,1H3,(H,23,25)/t17-/m0/s1. The van der Waals surface area contributed by atoms with Crippen LogP contribution >= 0.6 is 0 Å². The van der Waals surface area contributed by atoms with Gasteiger partial charge in [0.1, 0.15) is 12.4 Å². The van der Waals surface area contributed by atoms with Gasteiger partial charge in [-0.3, -0.25) is 9.48 Å². The van der Waals surface area contributed by atoms with Gasteiger partial charge in [0.2, 0.25) is 0 Å². The molecule has 1 aromatic heterocycles. The number of nitrogens with one attached hydrogen (secondary N) is 1. The summed E-state index contributed by atoms with van der Waals surface area (Å²) in [5, 5.41) is 7.06. The molecule has 3 aromatic rings. The Morgan fingerprint density at radius 1 is 1.21 bits per heavy atom. The van der Waals surface area contributed by atoms with Crippen molar-refractivity contribution in [1.29, 1.82) is 0 Å². The zero-order valence-corrected chi connectivity index (χ0v) is 15.5. The summed E-state index contributed by atoms with van der Waals surface area (Å²) in [6.07, 6.45) is 3.21. The second-order valence-corrected chi connectivity index (χ2v) is 6.55. The van der Waals surface area contributed by atoms with Crippen LogP contribution < -0.4 is 19.5 Å². The number of hydrogen-bond donors (Lipinski definition) is 1. The first-order valence-corrected chi connectivity index (χ1v) is 9.06. The van der Waals surface area contributed by atoms with E-state index in [1.807, 2.05) is 55.5 Å². The molecule has 0 bridgehead atoms. The Kier molecular flexibility index (Phi) is 5.14. The molecule has 0 radical (unpaired) electrons. The Morgan fingerprint density at radius 2 is 2.00 bits per heavy atom. The van der Waals surface area contributed by atoms with Gasteiger partial charge in [0.25, 0.3) is 5.91 Å². The normalized spacial score (nSPS) is 15.1. The summed E-state index contributed by atoms with van der Waals surface area (Å²) in [4.78, 5) is 12.1. The van der Waals surface area contributed by atoms with Gasteiger partial charge in [0, 0.05) is 6.20 Å². The monoisotopic (exact) mass is 379 g/mol. The average molecular weight is 379 g/mol. The lowest BCUT2D eigenvalue weighted by Gasteiger charge is -2.26. The lowest BCUT2D eigenvalue weighted by atomic mass is 10.2. The van der Waals surface area contributed by atoms with E-state index in [1.165, 1.54) is 0 Å². The zero-order chi connectivity index (χ0) is 19.3. The average Bonchev–Trinajstić information content (AvgIpc) is 3.14. The van der Waals surface area contributed by atoms with Crippen LogP contribution in [-0.2, 0) is 11.3 Å². The number of aryl methyl sites for hydroxylation is 1. The van der Waals surface area contributed by atoms with Gasteiger partial charge in [0.15, 0.2) is 24.2 Å². The Bertz CT molecular complexity index is 970. The zero-order valence-electron chi connectivity index (χ0n) is 15.5. The molecule has 4 rings (SSSR count). The molecule has 0 spiro atoms. The Balaban J connectivity index is 1.29. The van der Waals surface area contributed by atoms with Gasteiger partial charge in [-0.2, -0.15) is 5.10 Å². The number of carbonyl (C=O) groups is 1. The van der Waals surface area contributed by atoms with Crippen LogP contribution in [0.15, 0.2) is 60.9 Å². The van der Waals surface area contributed by atoms with Crippen molar-refractivity contribution in [2.75, 3.05) is 18.5 Å². The Labute approximate surface area is 162 Å². The van der Waals surface area contributed by atoms with Crippen molar-refractivity contribution in [3.63, 3.8) is 0 Å². The summed E-state index contributed by atoms with van der Waals surface area (Å²) in [7, 11) is 0. The molecule has 0 unspecified atom stereocenters. The smallest absolute Gasteiger partial charge is 0.262 e. The van der Waals surface area contributed by atoms with E-state index in [4.69, 9.17) is 14.2 Å². The molecule has 1 atom stereocenters. The Hall–Kier alpha value is -3.48. The number of benzene rings is 2. The van der Waals surface area contributed by atoms with E-state index >= 15 is 0 Å². The van der Waals surface area contributed by atoms with Crippen molar-refractivity contribution in [3.05, 3.63) is 66.5 Å². The number of para-hydroxylation sites is 3. The van der Waals surface area contributed by atoms with E-state index < -0.39 is 0 Å². The van der Waals surface area contributed by atoms with Crippen molar-refractivity contribution in [2.24, 2.45) is 0 Å². The van der Waals surface area contributed by atoms with Crippen LogP contribution in [0, 0.1) is 6.92 Å². The summed E-state index contributed by atoms with van der Waals surface area (Å²) < 4.78 is 18.9. The molecule has 0 aliphatic carbocycles. The molecule has 2 aromatic carbocycles. The first-order valence-electron chi connectivity index (χ1n) is 9.06. The molecule has 144 valence electrons. The van der Waals surface area contributed by atoms with Crippen molar-refractivity contribution >= 4 is 11.6 Å². The quantitative estimate of drug-likeness (QED) is 0.713. The molecule has 1 amide bonds. The van der Waals surface area contributed by atoms with Gasteiger partial charge in [-0.1, -0.05) is 30.3 Å². The number of amides is 1. The molecule has 1 aliphatic heterocycles. The third kappa shape index (κ3) is 4.25. The SMILES string of the molecule is Cc1ccccc1OCC(=O)Nc1cnn(C[C@H]2COc3ccccc3O2)c1. The van der Waals surface area contributed by atoms with Crippen LogP contribution in [-0.4, -0.2) is 35.0 Å². The molecule has 0 fully saturated rings. The number of nitrogens with zero attached hydrogens (tertiary/aromatic N) is 2. The van der Waals surface area contributed by atoms with E-state index in [1.54, 1.807) is 17.1 Å². The van der Waals surface area contributed by atoms with Crippen molar-refractivity contribution in [3.8, 4) is 17.2 Å². The molecule has 7 nitrogen and oxygen atoms in total. The van der Waals surface area contributed by atoms with Crippen LogP contribution in [0.25, 0.3) is 0 Å². The Morgan fingerprint density at radius 3 is 2.86 bits per heavy atom. The molecule has 2 heterocycles.